The van der Waals surface area contributed by atoms with E-state index < -0.39 is 30.3 Å². The van der Waals surface area contributed by atoms with Crippen LogP contribution < -0.4 is 5.32 Å². The van der Waals surface area contributed by atoms with Crippen LogP contribution in [0.4, 0.5) is 8.78 Å². The maximum absolute atomic E-state index is 12.6. The van der Waals surface area contributed by atoms with Crippen LogP contribution in [0.2, 0.25) is 0 Å². The van der Waals surface area contributed by atoms with Gasteiger partial charge in [0.25, 0.3) is 12.3 Å². The fourth-order valence-corrected chi connectivity index (χ4v) is 2.50. The Morgan fingerprint density at radius 1 is 1.30 bits per heavy atom. The fourth-order valence-electron chi connectivity index (χ4n) is 2.50. The van der Waals surface area contributed by atoms with E-state index >= 15 is 0 Å². The van der Waals surface area contributed by atoms with Gasteiger partial charge in [-0.15, -0.1) is 0 Å². The Morgan fingerprint density at radius 2 is 2.05 bits per heavy atom. The zero-order valence-corrected chi connectivity index (χ0v) is 10.7. The lowest BCUT2D eigenvalue weighted by Crippen LogP contribution is -2.40. The van der Waals surface area contributed by atoms with E-state index in [1.807, 2.05) is 0 Å². The topological polar surface area (TPSA) is 66.4 Å². The Morgan fingerprint density at radius 3 is 2.70 bits per heavy atom. The molecule has 1 aromatic carbocycles. The average molecular weight is 283 g/mol. The molecule has 20 heavy (non-hydrogen) atoms. The predicted octanol–water partition coefficient (Wildman–Crippen LogP) is 2.61. The molecule has 1 aliphatic rings. The van der Waals surface area contributed by atoms with E-state index in [4.69, 9.17) is 5.11 Å². The summed E-state index contributed by atoms with van der Waals surface area (Å²) < 4.78 is 25.1. The summed E-state index contributed by atoms with van der Waals surface area (Å²) in [5.41, 5.74) is -0.0994. The quantitative estimate of drug-likeness (QED) is 0.892. The second-order valence-electron chi connectivity index (χ2n) is 4.88. The molecule has 0 unspecified atom stereocenters. The number of rotatable bonds is 4. The monoisotopic (exact) mass is 283 g/mol. The van der Waals surface area contributed by atoms with Gasteiger partial charge in [0, 0.05) is 17.2 Å². The number of benzene rings is 1. The van der Waals surface area contributed by atoms with E-state index in [1.54, 1.807) is 0 Å². The SMILES string of the molecule is O=C(N[C@H]1CCC[C@H]1C(=O)O)c1cccc(C(F)F)c1. The van der Waals surface area contributed by atoms with E-state index in [2.05, 4.69) is 5.32 Å². The van der Waals surface area contributed by atoms with Gasteiger partial charge in [-0.25, -0.2) is 8.78 Å². The van der Waals surface area contributed by atoms with E-state index in [-0.39, 0.29) is 11.1 Å². The van der Waals surface area contributed by atoms with Crippen molar-refractivity contribution in [1.29, 1.82) is 0 Å². The third-order valence-corrected chi connectivity index (χ3v) is 3.55. The highest BCUT2D eigenvalue weighted by atomic mass is 19.3. The molecule has 2 N–H and O–H groups in total. The van der Waals surface area contributed by atoms with E-state index in [1.165, 1.54) is 18.2 Å². The van der Waals surface area contributed by atoms with Gasteiger partial charge in [0.2, 0.25) is 0 Å². The van der Waals surface area contributed by atoms with E-state index in [9.17, 15) is 18.4 Å². The van der Waals surface area contributed by atoms with Crippen molar-refractivity contribution in [3.05, 3.63) is 35.4 Å². The molecule has 0 radical (unpaired) electrons. The summed E-state index contributed by atoms with van der Waals surface area (Å²) in [7, 11) is 0. The number of hydrogen-bond acceptors (Lipinski definition) is 2. The maximum Gasteiger partial charge on any atom is 0.308 e. The van der Waals surface area contributed by atoms with Gasteiger partial charge in [-0.2, -0.15) is 0 Å². The first-order valence-electron chi connectivity index (χ1n) is 6.41. The number of aliphatic carboxylic acids is 1. The number of halogens is 2. The highest BCUT2D eigenvalue weighted by Crippen LogP contribution is 2.26. The Labute approximate surface area is 114 Å². The average Bonchev–Trinajstić information content (AvgIpc) is 2.87. The van der Waals surface area contributed by atoms with Crippen LogP contribution in [0.25, 0.3) is 0 Å². The lowest BCUT2D eigenvalue weighted by molar-refractivity contribution is -0.142. The normalized spacial score (nSPS) is 21.9. The molecule has 2 atom stereocenters. The Hall–Kier alpha value is -1.98. The number of carbonyl (C=O) groups excluding carboxylic acids is 1. The van der Waals surface area contributed by atoms with Crippen molar-refractivity contribution in [1.82, 2.24) is 5.32 Å². The molecule has 1 aliphatic carbocycles. The van der Waals surface area contributed by atoms with Crippen molar-refractivity contribution < 1.29 is 23.5 Å². The Kier molecular flexibility index (Phi) is 4.32. The molecule has 2 rings (SSSR count). The van der Waals surface area contributed by atoms with Gasteiger partial charge < -0.3 is 10.4 Å². The van der Waals surface area contributed by atoms with Gasteiger partial charge in [-0.05, 0) is 25.0 Å². The van der Waals surface area contributed by atoms with Crippen LogP contribution in [0.3, 0.4) is 0 Å². The molecule has 6 heteroatoms. The van der Waals surface area contributed by atoms with Crippen LogP contribution in [0.5, 0.6) is 0 Å². The van der Waals surface area contributed by atoms with Crippen LogP contribution in [0.1, 0.15) is 41.6 Å². The van der Waals surface area contributed by atoms with E-state index in [0.29, 0.717) is 12.8 Å². The number of carboxylic acid groups (broad SMARTS) is 1. The summed E-state index contributed by atoms with van der Waals surface area (Å²) in [5.74, 6) is -2.04. The lowest BCUT2D eigenvalue weighted by atomic mass is 10.0. The summed E-state index contributed by atoms with van der Waals surface area (Å²) in [6, 6.07) is 4.77. The number of hydrogen-bond donors (Lipinski definition) is 2. The molecule has 0 bridgehead atoms. The summed E-state index contributed by atoms with van der Waals surface area (Å²) >= 11 is 0. The largest absolute Gasteiger partial charge is 0.481 e. The van der Waals surface area contributed by atoms with Crippen LogP contribution in [0.15, 0.2) is 24.3 Å². The van der Waals surface area contributed by atoms with Crippen molar-refractivity contribution in [3.63, 3.8) is 0 Å². The van der Waals surface area contributed by atoms with E-state index in [0.717, 1.165) is 12.5 Å². The number of nitrogens with one attached hydrogen (secondary N) is 1. The highest BCUT2D eigenvalue weighted by Gasteiger charge is 2.34. The van der Waals surface area contributed by atoms with Crippen molar-refractivity contribution in [2.24, 2.45) is 5.92 Å². The van der Waals surface area contributed by atoms with Crippen molar-refractivity contribution in [2.75, 3.05) is 0 Å². The molecule has 1 saturated carbocycles. The molecule has 1 amide bonds. The smallest absolute Gasteiger partial charge is 0.308 e. The zero-order valence-electron chi connectivity index (χ0n) is 10.7. The molecule has 108 valence electrons. The zero-order chi connectivity index (χ0) is 14.7. The molecular weight excluding hydrogens is 268 g/mol. The Bertz CT molecular complexity index is 519. The lowest BCUT2D eigenvalue weighted by Gasteiger charge is -2.17. The van der Waals surface area contributed by atoms with Crippen LogP contribution in [-0.2, 0) is 4.79 Å². The molecule has 0 aliphatic heterocycles. The van der Waals surface area contributed by atoms with Crippen molar-refractivity contribution in [3.8, 4) is 0 Å². The minimum atomic E-state index is -2.64. The first-order chi connectivity index (χ1) is 9.49. The minimum Gasteiger partial charge on any atom is -0.481 e. The summed E-state index contributed by atoms with van der Waals surface area (Å²) in [4.78, 5) is 23.0. The highest BCUT2D eigenvalue weighted by molar-refractivity contribution is 5.94. The molecule has 0 heterocycles. The molecule has 0 saturated heterocycles. The minimum absolute atomic E-state index is 0.124. The fraction of sp³-hybridized carbons (Fsp3) is 0.429. The first kappa shape index (κ1) is 14.4. The number of alkyl halides is 2. The van der Waals surface area contributed by atoms with Crippen LogP contribution in [0, 0.1) is 5.92 Å². The van der Waals surface area contributed by atoms with Gasteiger partial charge in [-0.1, -0.05) is 18.6 Å². The second kappa shape index (κ2) is 5.98. The summed E-state index contributed by atoms with van der Waals surface area (Å²) in [5, 5.41) is 11.7. The molecule has 0 spiro atoms. The third-order valence-electron chi connectivity index (χ3n) is 3.55. The third kappa shape index (κ3) is 3.12. The van der Waals surface area contributed by atoms with Crippen molar-refractivity contribution >= 4 is 11.9 Å². The van der Waals surface area contributed by atoms with Gasteiger partial charge in [-0.3, -0.25) is 9.59 Å². The molecule has 0 aromatic heterocycles. The Balaban J connectivity index is 2.08. The molecular formula is C14H15F2NO3. The van der Waals surface area contributed by atoms with Crippen LogP contribution in [-0.4, -0.2) is 23.0 Å². The van der Waals surface area contributed by atoms with Crippen LogP contribution >= 0.6 is 0 Å². The number of carbonyl (C=O) groups is 2. The maximum atomic E-state index is 12.6. The second-order valence-corrected chi connectivity index (χ2v) is 4.88. The standard InChI is InChI=1S/C14H15F2NO3/c15-12(16)8-3-1-4-9(7-8)13(18)17-11-6-2-5-10(11)14(19)20/h1,3-4,7,10-12H,2,5-6H2,(H,17,18)(H,19,20)/t10-,11+/m1/s1. The summed E-state index contributed by atoms with van der Waals surface area (Å²) in [6.07, 6.45) is -0.783. The molecule has 4 nitrogen and oxygen atoms in total. The van der Waals surface area contributed by atoms with Gasteiger partial charge in [0.15, 0.2) is 0 Å². The molecule has 1 fully saturated rings. The van der Waals surface area contributed by atoms with Gasteiger partial charge >= 0.3 is 5.97 Å². The van der Waals surface area contributed by atoms with Gasteiger partial charge in [0.05, 0.1) is 5.92 Å². The first-order valence-corrected chi connectivity index (χ1v) is 6.41. The number of carboxylic acids is 1. The number of amides is 1. The molecule has 1 aromatic rings. The predicted molar refractivity (Wildman–Crippen MR) is 67.6 cm³/mol. The summed E-state index contributed by atoms with van der Waals surface area (Å²) in [6.45, 7) is 0. The van der Waals surface area contributed by atoms with Crippen molar-refractivity contribution in [2.45, 2.75) is 31.7 Å². The van der Waals surface area contributed by atoms with Gasteiger partial charge in [0.1, 0.15) is 0 Å².